The van der Waals surface area contributed by atoms with Crippen molar-refractivity contribution in [1.29, 1.82) is 0 Å². The normalized spacial score (nSPS) is 11.5. The van der Waals surface area contributed by atoms with Crippen LogP contribution in [-0.2, 0) is 0 Å². The van der Waals surface area contributed by atoms with Gasteiger partial charge in [-0.1, -0.05) is 0 Å². The molecule has 0 saturated carbocycles. The highest BCUT2D eigenvalue weighted by molar-refractivity contribution is 5.96. The maximum absolute atomic E-state index is 15.9. The summed E-state index contributed by atoms with van der Waals surface area (Å²) in [6.45, 7) is 4.06. The van der Waals surface area contributed by atoms with E-state index < -0.39 is 5.82 Å². The number of fused-ring (bicyclic) bond motifs is 2. The van der Waals surface area contributed by atoms with E-state index in [1.165, 1.54) is 6.20 Å². The van der Waals surface area contributed by atoms with Crippen molar-refractivity contribution in [3.8, 4) is 33.9 Å². The fourth-order valence-corrected chi connectivity index (χ4v) is 4.10. The number of nitrogens with zero attached hydrogens (tertiary/aromatic N) is 6. The Balaban J connectivity index is 1.49. The Labute approximate surface area is 198 Å². The molecule has 0 unspecified atom stereocenters. The molecule has 0 aliphatic rings. The number of halogens is 1. The highest BCUT2D eigenvalue weighted by atomic mass is 19.1. The molecule has 6 heterocycles. The van der Waals surface area contributed by atoms with Crippen molar-refractivity contribution >= 4 is 27.8 Å². The fourth-order valence-electron chi connectivity index (χ4n) is 4.10. The van der Waals surface area contributed by atoms with Crippen LogP contribution in [-0.4, -0.2) is 46.1 Å². The van der Waals surface area contributed by atoms with Crippen LogP contribution >= 0.6 is 0 Å². The molecule has 35 heavy (non-hydrogen) atoms. The Kier molecular flexibility index (Phi) is 4.91. The summed E-state index contributed by atoms with van der Waals surface area (Å²) in [6, 6.07) is 7.63. The number of hydrogen-bond acceptors (Lipinski definition) is 7. The molecule has 6 aromatic rings. The van der Waals surface area contributed by atoms with E-state index in [9.17, 15) is 0 Å². The molecule has 0 saturated heterocycles. The van der Waals surface area contributed by atoms with E-state index in [2.05, 4.69) is 40.4 Å². The number of anilines is 1. The van der Waals surface area contributed by atoms with Crippen LogP contribution in [0.1, 0.15) is 13.8 Å². The Morgan fingerprint density at radius 1 is 0.914 bits per heavy atom. The third kappa shape index (κ3) is 3.65. The maximum atomic E-state index is 15.9. The van der Waals surface area contributed by atoms with Crippen molar-refractivity contribution in [3.05, 3.63) is 67.3 Å². The molecule has 6 rings (SSSR count). The minimum absolute atomic E-state index is 0.220. The van der Waals surface area contributed by atoms with Crippen LogP contribution in [0.25, 0.3) is 56.0 Å². The lowest BCUT2D eigenvalue weighted by Crippen LogP contribution is -2.09. The first-order chi connectivity index (χ1) is 17.1. The molecule has 0 radical (unpaired) electrons. The second kappa shape index (κ2) is 8.24. The Hall–Kier alpha value is -4.73. The number of rotatable bonds is 5. The van der Waals surface area contributed by atoms with E-state index >= 15 is 4.39 Å². The lowest BCUT2D eigenvalue weighted by atomic mass is 10.1. The molecule has 0 amide bonds. The number of imidazole rings is 1. The van der Waals surface area contributed by atoms with Crippen molar-refractivity contribution in [1.82, 2.24) is 40.1 Å². The van der Waals surface area contributed by atoms with Gasteiger partial charge in [0, 0.05) is 59.9 Å². The van der Waals surface area contributed by atoms with Gasteiger partial charge in [-0.3, -0.25) is 20.1 Å². The average molecular weight is 465 g/mol. The number of aromatic nitrogens is 8. The van der Waals surface area contributed by atoms with E-state index in [-0.39, 0.29) is 11.4 Å². The zero-order valence-corrected chi connectivity index (χ0v) is 18.9. The summed E-state index contributed by atoms with van der Waals surface area (Å²) in [5, 5.41) is 10.7. The van der Waals surface area contributed by atoms with E-state index in [4.69, 9.17) is 4.98 Å². The van der Waals surface area contributed by atoms with Crippen molar-refractivity contribution in [2.24, 2.45) is 0 Å². The van der Waals surface area contributed by atoms with Gasteiger partial charge in [0.15, 0.2) is 11.5 Å². The maximum Gasteiger partial charge on any atom is 0.159 e. The first kappa shape index (κ1) is 20.8. The van der Waals surface area contributed by atoms with Gasteiger partial charge in [-0.15, -0.1) is 0 Å². The summed E-state index contributed by atoms with van der Waals surface area (Å²) in [7, 11) is 0. The van der Waals surface area contributed by atoms with E-state index in [1.54, 1.807) is 31.0 Å². The van der Waals surface area contributed by atoms with Crippen molar-refractivity contribution in [2.45, 2.75) is 19.9 Å². The molecule has 10 heteroatoms. The van der Waals surface area contributed by atoms with Gasteiger partial charge in [0.05, 0.1) is 22.3 Å². The molecule has 9 nitrogen and oxygen atoms in total. The van der Waals surface area contributed by atoms with Crippen LogP contribution in [0.15, 0.2) is 61.4 Å². The summed E-state index contributed by atoms with van der Waals surface area (Å²) in [5.41, 5.74) is 5.42. The van der Waals surface area contributed by atoms with Crippen LogP contribution in [0, 0.1) is 5.82 Å². The van der Waals surface area contributed by atoms with Crippen LogP contribution in [0.4, 0.5) is 10.1 Å². The molecule has 6 aromatic heterocycles. The summed E-state index contributed by atoms with van der Waals surface area (Å²) in [6.07, 6.45) is 9.92. The number of H-pyrrole nitrogens is 2. The van der Waals surface area contributed by atoms with Gasteiger partial charge in [0.1, 0.15) is 17.0 Å². The summed E-state index contributed by atoms with van der Waals surface area (Å²) < 4.78 is 15.9. The van der Waals surface area contributed by atoms with E-state index in [0.717, 1.165) is 16.8 Å². The average Bonchev–Trinajstić information content (AvgIpc) is 3.49. The number of aromatic amines is 2. The van der Waals surface area contributed by atoms with Gasteiger partial charge >= 0.3 is 0 Å². The second-order valence-corrected chi connectivity index (χ2v) is 8.42. The lowest BCUT2D eigenvalue weighted by molar-refractivity contribution is 0.642. The largest absolute Gasteiger partial charge is 0.382 e. The van der Waals surface area contributed by atoms with Gasteiger partial charge in [-0.05, 0) is 38.1 Å². The minimum Gasteiger partial charge on any atom is -0.382 e. The molecular formula is C25H20FN9. The summed E-state index contributed by atoms with van der Waals surface area (Å²) in [4.78, 5) is 25.2. The first-order valence-corrected chi connectivity index (χ1v) is 11.1. The smallest absolute Gasteiger partial charge is 0.159 e. The topological polar surface area (TPSA) is 121 Å². The van der Waals surface area contributed by atoms with Crippen LogP contribution in [0.3, 0.4) is 0 Å². The molecule has 0 aliphatic heterocycles. The van der Waals surface area contributed by atoms with Crippen LogP contribution < -0.4 is 5.32 Å². The second-order valence-electron chi connectivity index (χ2n) is 8.42. The quantitative estimate of drug-likeness (QED) is 0.328. The van der Waals surface area contributed by atoms with Crippen molar-refractivity contribution in [2.75, 3.05) is 5.32 Å². The zero-order valence-electron chi connectivity index (χ0n) is 18.9. The molecule has 3 N–H and O–H groups in total. The highest BCUT2D eigenvalue weighted by Crippen LogP contribution is 2.34. The van der Waals surface area contributed by atoms with Gasteiger partial charge in [0.2, 0.25) is 0 Å². The standard InChI is InChI=1S/C25H20FN9/c1-13(2)31-16-9-15(10-28-11-16)17-12-30-24-19(20(17)26)23(34-35-24)25-32-18-5-8-29-21(22(18)33-25)14-3-6-27-7-4-14/h3-13,31H,1-2H3,(H,32,33)(H,30,34,35). The molecule has 0 aliphatic carbocycles. The zero-order chi connectivity index (χ0) is 23.9. The van der Waals surface area contributed by atoms with Gasteiger partial charge in [0.25, 0.3) is 0 Å². The molecule has 0 bridgehead atoms. The first-order valence-electron chi connectivity index (χ1n) is 11.1. The predicted octanol–water partition coefficient (Wildman–Crippen LogP) is 4.98. The molecule has 0 aromatic carbocycles. The predicted molar refractivity (Wildman–Crippen MR) is 132 cm³/mol. The third-order valence-electron chi connectivity index (χ3n) is 5.61. The van der Waals surface area contributed by atoms with Gasteiger partial charge in [-0.25, -0.2) is 14.4 Å². The Morgan fingerprint density at radius 3 is 2.60 bits per heavy atom. The molecular weight excluding hydrogens is 445 g/mol. The minimum atomic E-state index is -0.449. The summed E-state index contributed by atoms with van der Waals surface area (Å²) in [5.74, 6) is -0.0315. The Bertz CT molecular complexity index is 1670. The highest BCUT2D eigenvalue weighted by Gasteiger charge is 2.21. The lowest BCUT2D eigenvalue weighted by Gasteiger charge is -2.11. The van der Waals surface area contributed by atoms with Crippen LogP contribution in [0.2, 0.25) is 0 Å². The van der Waals surface area contributed by atoms with Gasteiger partial charge in [-0.2, -0.15) is 5.10 Å². The number of hydrogen-bond donors (Lipinski definition) is 3. The number of nitrogens with one attached hydrogen (secondary N) is 3. The van der Waals surface area contributed by atoms with Gasteiger partial charge < -0.3 is 10.3 Å². The molecule has 0 atom stereocenters. The monoisotopic (exact) mass is 465 g/mol. The van der Waals surface area contributed by atoms with E-state index in [1.807, 2.05) is 38.1 Å². The Morgan fingerprint density at radius 2 is 1.77 bits per heavy atom. The van der Waals surface area contributed by atoms with Crippen molar-refractivity contribution in [3.63, 3.8) is 0 Å². The number of pyridine rings is 4. The SMILES string of the molecule is CC(C)Nc1cncc(-c2cnc3[nH]nc(-c4nc5c(-c6ccncc6)nccc5[nH]4)c3c2F)c1. The van der Waals surface area contributed by atoms with E-state index in [0.29, 0.717) is 39.5 Å². The van der Waals surface area contributed by atoms with Crippen LogP contribution in [0.5, 0.6) is 0 Å². The molecule has 0 spiro atoms. The molecule has 172 valence electrons. The third-order valence-corrected chi connectivity index (χ3v) is 5.61. The summed E-state index contributed by atoms with van der Waals surface area (Å²) >= 11 is 0. The fraction of sp³-hybridized carbons (Fsp3) is 0.120. The van der Waals surface area contributed by atoms with Crippen molar-refractivity contribution < 1.29 is 4.39 Å². The molecule has 0 fully saturated rings.